The SMILES string of the molecule is CSCC[C@H](C(=O)Nc1cc(Cl)ccc1-n1cncn1)n1cccc1. The van der Waals surface area contributed by atoms with Gasteiger partial charge in [-0.15, -0.1) is 0 Å². The molecule has 3 aromatic rings. The molecule has 2 aromatic heterocycles. The third-order valence-corrected chi connectivity index (χ3v) is 4.65. The van der Waals surface area contributed by atoms with Gasteiger partial charge in [0.25, 0.3) is 0 Å². The molecule has 0 aliphatic rings. The first-order valence-corrected chi connectivity index (χ1v) is 9.53. The fraction of sp³-hybridized carbons (Fsp3) is 0.235. The summed E-state index contributed by atoms with van der Waals surface area (Å²) in [6.07, 6.45) is 9.60. The number of rotatable bonds is 7. The molecular weight excluding hydrogens is 358 g/mol. The molecule has 0 fully saturated rings. The molecule has 6 nitrogen and oxygen atoms in total. The molecule has 3 rings (SSSR count). The van der Waals surface area contributed by atoms with E-state index in [9.17, 15) is 4.79 Å². The average molecular weight is 376 g/mol. The predicted octanol–water partition coefficient (Wildman–Crippen LogP) is 3.66. The van der Waals surface area contributed by atoms with E-state index in [1.807, 2.05) is 35.3 Å². The molecule has 0 unspecified atom stereocenters. The van der Waals surface area contributed by atoms with Gasteiger partial charge in [0.2, 0.25) is 5.91 Å². The summed E-state index contributed by atoms with van der Waals surface area (Å²) in [5.74, 6) is 0.802. The van der Waals surface area contributed by atoms with Gasteiger partial charge < -0.3 is 9.88 Å². The van der Waals surface area contributed by atoms with Gasteiger partial charge in [-0.25, -0.2) is 9.67 Å². The molecule has 1 amide bonds. The van der Waals surface area contributed by atoms with E-state index in [1.165, 1.54) is 6.33 Å². The molecule has 1 atom stereocenters. The number of nitrogens with one attached hydrogen (secondary N) is 1. The van der Waals surface area contributed by atoms with Crippen LogP contribution < -0.4 is 5.32 Å². The quantitative estimate of drug-likeness (QED) is 0.684. The molecule has 25 heavy (non-hydrogen) atoms. The molecule has 0 bridgehead atoms. The van der Waals surface area contributed by atoms with Crippen molar-refractivity contribution in [3.63, 3.8) is 0 Å². The number of halogens is 1. The number of anilines is 1. The maximum Gasteiger partial charge on any atom is 0.247 e. The van der Waals surface area contributed by atoms with E-state index < -0.39 is 0 Å². The van der Waals surface area contributed by atoms with E-state index in [4.69, 9.17) is 11.6 Å². The van der Waals surface area contributed by atoms with Crippen LogP contribution >= 0.6 is 23.4 Å². The first kappa shape index (κ1) is 17.6. The summed E-state index contributed by atoms with van der Waals surface area (Å²) in [6, 6.07) is 8.83. The topological polar surface area (TPSA) is 64.7 Å². The number of hydrogen-bond acceptors (Lipinski definition) is 4. The van der Waals surface area contributed by atoms with Gasteiger partial charge in [-0.3, -0.25) is 4.79 Å². The fourth-order valence-electron chi connectivity index (χ4n) is 2.56. The lowest BCUT2D eigenvalue weighted by Crippen LogP contribution is -2.26. The van der Waals surface area contributed by atoms with Gasteiger partial charge in [-0.1, -0.05) is 11.6 Å². The second kappa shape index (κ2) is 8.22. The largest absolute Gasteiger partial charge is 0.342 e. The minimum Gasteiger partial charge on any atom is -0.342 e. The Morgan fingerprint density at radius 3 is 2.84 bits per heavy atom. The monoisotopic (exact) mass is 375 g/mol. The normalized spacial score (nSPS) is 12.1. The second-order valence-corrected chi connectivity index (χ2v) is 6.84. The zero-order chi connectivity index (χ0) is 17.6. The molecule has 0 radical (unpaired) electrons. The molecule has 1 N–H and O–H groups in total. The summed E-state index contributed by atoms with van der Waals surface area (Å²) >= 11 is 7.84. The number of benzene rings is 1. The maximum absolute atomic E-state index is 12.9. The van der Waals surface area contributed by atoms with Gasteiger partial charge in [0.1, 0.15) is 18.7 Å². The van der Waals surface area contributed by atoms with Crippen LogP contribution in [-0.2, 0) is 4.79 Å². The van der Waals surface area contributed by atoms with Gasteiger partial charge in [0.05, 0.1) is 11.4 Å². The smallest absolute Gasteiger partial charge is 0.247 e. The number of carbonyl (C=O) groups excluding carboxylic acids is 1. The van der Waals surface area contributed by atoms with Gasteiger partial charge in [0.15, 0.2) is 0 Å². The highest BCUT2D eigenvalue weighted by Gasteiger charge is 2.21. The summed E-state index contributed by atoms with van der Waals surface area (Å²) < 4.78 is 3.52. The van der Waals surface area contributed by atoms with Crippen molar-refractivity contribution in [2.24, 2.45) is 0 Å². The van der Waals surface area contributed by atoms with Crippen molar-refractivity contribution in [3.05, 3.63) is 60.4 Å². The third-order valence-electron chi connectivity index (χ3n) is 3.77. The van der Waals surface area contributed by atoms with E-state index in [2.05, 4.69) is 15.4 Å². The minimum absolute atomic E-state index is 0.0890. The molecule has 1 aromatic carbocycles. The molecule has 130 valence electrons. The van der Waals surface area contributed by atoms with E-state index >= 15 is 0 Å². The lowest BCUT2D eigenvalue weighted by atomic mass is 10.2. The zero-order valence-electron chi connectivity index (χ0n) is 13.7. The summed E-state index contributed by atoms with van der Waals surface area (Å²) in [5, 5.41) is 7.67. The van der Waals surface area contributed by atoms with Crippen LogP contribution in [0.3, 0.4) is 0 Å². The lowest BCUT2D eigenvalue weighted by molar-refractivity contribution is -0.119. The molecule has 8 heteroatoms. The van der Waals surface area contributed by atoms with Crippen LogP contribution in [0.5, 0.6) is 0 Å². The number of hydrogen-bond donors (Lipinski definition) is 1. The highest BCUT2D eigenvalue weighted by molar-refractivity contribution is 7.98. The first-order chi connectivity index (χ1) is 12.2. The van der Waals surface area contributed by atoms with Gasteiger partial charge in [0, 0.05) is 17.4 Å². The summed E-state index contributed by atoms with van der Waals surface area (Å²) in [4.78, 5) is 16.9. The number of aromatic nitrogens is 4. The Kier molecular flexibility index (Phi) is 5.78. The Morgan fingerprint density at radius 2 is 2.16 bits per heavy atom. The van der Waals surface area contributed by atoms with Crippen LogP contribution in [0.4, 0.5) is 5.69 Å². The van der Waals surface area contributed by atoms with Crippen molar-refractivity contribution in [2.45, 2.75) is 12.5 Å². The van der Waals surface area contributed by atoms with E-state index in [0.29, 0.717) is 16.4 Å². The minimum atomic E-state index is -0.287. The molecule has 2 heterocycles. The predicted molar refractivity (Wildman–Crippen MR) is 101 cm³/mol. The first-order valence-electron chi connectivity index (χ1n) is 7.76. The molecule has 0 aliphatic heterocycles. The molecule has 0 spiro atoms. The van der Waals surface area contributed by atoms with Crippen LogP contribution in [0.2, 0.25) is 5.02 Å². The van der Waals surface area contributed by atoms with Crippen LogP contribution in [0, 0.1) is 0 Å². The van der Waals surface area contributed by atoms with E-state index in [1.54, 1.807) is 41.0 Å². The Labute approximate surface area is 155 Å². The number of nitrogens with zero attached hydrogens (tertiary/aromatic N) is 4. The van der Waals surface area contributed by atoms with Crippen molar-refractivity contribution < 1.29 is 4.79 Å². The molecule has 0 aliphatic carbocycles. The highest BCUT2D eigenvalue weighted by atomic mass is 35.5. The highest BCUT2D eigenvalue weighted by Crippen LogP contribution is 2.26. The zero-order valence-corrected chi connectivity index (χ0v) is 15.2. The van der Waals surface area contributed by atoms with Gasteiger partial charge in [-0.05, 0) is 48.8 Å². The van der Waals surface area contributed by atoms with Crippen molar-refractivity contribution in [1.29, 1.82) is 0 Å². The molecule has 0 saturated heterocycles. The molecule has 0 saturated carbocycles. The van der Waals surface area contributed by atoms with Crippen LogP contribution in [0.25, 0.3) is 5.69 Å². The maximum atomic E-state index is 12.9. The molecular formula is C17H18ClN5OS. The lowest BCUT2D eigenvalue weighted by Gasteiger charge is -2.19. The summed E-state index contributed by atoms with van der Waals surface area (Å²) in [5.41, 5.74) is 1.32. The number of amides is 1. The third kappa shape index (κ3) is 4.24. The van der Waals surface area contributed by atoms with E-state index in [-0.39, 0.29) is 11.9 Å². The average Bonchev–Trinajstić information content (AvgIpc) is 3.29. The number of carbonyl (C=O) groups is 1. The summed E-state index contributed by atoms with van der Waals surface area (Å²) in [7, 11) is 0. The Morgan fingerprint density at radius 1 is 1.36 bits per heavy atom. The van der Waals surface area contributed by atoms with Crippen molar-refractivity contribution in [2.75, 3.05) is 17.3 Å². The fourth-order valence-corrected chi connectivity index (χ4v) is 3.19. The second-order valence-electron chi connectivity index (χ2n) is 5.42. The summed E-state index contributed by atoms with van der Waals surface area (Å²) in [6.45, 7) is 0. The van der Waals surface area contributed by atoms with Gasteiger partial charge in [-0.2, -0.15) is 16.9 Å². The van der Waals surface area contributed by atoms with Crippen LogP contribution in [-0.4, -0.2) is 37.2 Å². The van der Waals surface area contributed by atoms with E-state index in [0.717, 1.165) is 12.2 Å². The Hall–Kier alpha value is -2.25. The Balaban J connectivity index is 1.87. The standard InChI is InChI=1S/C17H18ClN5OS/c1-25-9-6-16(22-7-2-3-8-22)17(24)21-14-10-13(18)4-5-15(14)23-12-19-11-20-23/h2-5,7-8,10-12,16H,6,9H2,1H3,(H,21,24)/t16-/m1/s1. The van der Waals surface area contributed by atoms with Crippen LogP contribution in [0.15, 0.2) is 55.4 Å². The van der Waals surface area contributed by atoms with Crippen molar-refractivity contribution in [1.82, 2.24) is 19.3 Å². The van der Waals surface area contributed by atoms with Gasteiger partial charge >= 0.3 is 0 Å². The van der Waals surface area contributed by atoms with Crippen molar-refractivity contribution in [3.8, 4) is 5.69 Å². The van der Waals surface area contributed by atoms with Crippen LogP contribution in [0.1, 0.15) is 12.5 Å². The Bertz CT molecular complexity index is 820. The van der Waals surface area contributed by atoms with Crippen molar-refractivity contribution >= 4 is 35.0 Å². The number of thioether (sulfide) groups is 1.